The number of aryl methyl sites for hydroxylation is 1. The summed E-state index contributed by atoms with van der Waals surface area (Å²) in [7, 11) is 0. The standard InChI is InChI=1S/C18H21F3N6O/c1-12-23-25-27(24-12)11-14-10-15(18(19,20)21)4-2-13(14)3-5-17(28)26-8-6-16(22)7-9-26/h2-5,10,16H,6-9,11,22H2,1H3. The minimum absolute atomic E-state index is 0.0111. The number of nitrogens with zero attached hydrogens (tertiary/aromatic N) is 5. The van der Waals surface area contributed by atoms with Gasteiger partial charge in [0.2, 0.25) is 5.91 Å². The molecule has 150 valence electrons. The van der Waals surface area contributed by atoms with Crippen LogP contribution in [0, 0.1) is 6.92 Å². The first-order valence-electron chi connectivity index (χ1n) is 8.89. The second kappa shape index (κ2) is 8.09. The van der Waals surface area contributed by atoms with Crippen molar-refractivity contribution in [1.29, 1.82) is 0 Å². The van der Waals surface area contributed by atoms with Crippen molar-refractivity contribution in [2.45, 2.75) is 38.5 Å². The zero-order valence-electron chi connectivity index (χ0n) is 15.4. The van der Waals surface area contributed by atoms with E-state index in [4.69, 9.17) is 5.73 Å². The lowest BCUT2D eigenvalue weighted by molar-refractivity contribution is -0.137. The van der Waals surface area contributed by atoms with Gasteiger partial charge in [-0.25, -0.2) is 0 Å². The van der Waals surface area contributed by atoms with Gasteiger partial charge in [-0.05, 0) is 54.3 Å². The van der Waals surface area contributed by atoms with E-state index in [1.165, 1.54) is 23.0 Å². The summed E-state index contributed by atoms with van der Waals surface area (Å²) in [4.78, 5) is 15.3. The largest absolute Gasteiger partial charge is 0.416 e. The summed E-state index contributed by atoms with van der Waals surface area (Å²) in [6.45, 7) is 2.80. The summed E-state index contributed by atoms with van der Waals surface area (Å²) < 4.78 is 39.3. The van der Waals surface area contributed by atoms with Crippen LogP contribution in [0.3, 0.4) is 0 Å². The van der Waals surface area contributed by atoms with Gasteiger partial charge in [0.25, 0.3) is 0 Å². The van der Waals surface area contributed by atoms with E-state index in [9.17, 15) is 18.0 Å². The van der Waals surface area contributed by atoms with Crippen LogP contribution < -0.4 is 5.73 Å². The third-order valence-corrected chi connectivity index (χ3v) is 4.59. The van der Waals surface area contributed by atoms with Gasteiger partial charge in [0.05, 0.1) is 12.1 Å². The average Bonchev–Trinajstić information content (AvgIpc) is 3.05. The van der Waals surface area contributed by atoms with E-state index in [1.807, 2.05) is 0 Å². The third kappa shape index (κ3) is 4.94. The zero-order chi connectivity index (χ0) is 20.3. The number of amides is 1. The Morgan fingerprint density at radius 1 is 1.32 bits per heavy atom. The molecule has 1 saturated heterocycles. The lowest BCUT2D eigenvalue weighted by Gasteiger charge is -2.29. The van der Waals surface area contributed by atoms with Crippen LogP contribution in [0.25, 0.3) is 6.08 Å². The Labute approximate surface area is 160 Å². The summed E-state index contributed by atoms with van der Waals surface area (Å²) >= 11 is 0. The summed E-state index contributed by atoms with van der Waals surface area (Å²) in [6.07, 6.45) is -0.0882. The van der Waals surface area contributed by atoms with Crippen molar-refractivity contribution in [3.8, 4) is 0 Å². The fourth-order valence-electron chi connectivity index (χ4n) is 3.01. The highest BCUT2D eigenvalue weighted by atomic mass is 19.4. The number of likely N-dealkylation sites (tertiary alicyclic amines) is 1. The molecule has 0 radical (unpaired) electrons. The van der Waals surface area contributed by atoms with Crippen LogP contribution in [-0.4, -0.2) is 50.1 Å². The van der Waals surface area contributed by atoms with E-state index < -0.39 is 11.7 Å². The van der Waals surface area contributed by atoms with Crippen LogP contribution in [-0.2, 0) is 17.5 Å². The molecule has 28 heavy (non-hydrogen) atoms. The maximum absolute atomic E-state index is 13.1. The molecule has 0 unspecified atom stereocenters. The van der Waals surface area contributed by atoms with Crippen LogP contribution >= 0.6 is 0 Å². The molecule has 0 spiro atoms. The number of carbonyl (C=O) groups is 1. The van der Waals surface area contributed by atoms with E-state index in [0.29, 0.717) is 30.0 Å². The van der Waals surface area contributed by atoms with E-state index >= 15 is 0 Å². The lowest BCUT2D eigenvalue weighted by atomic mass is 10.0. The lowest BCUT2D eigenvalue weighted by Crippen LogP contribution is -2.42. The number of aromatic nitrogens is 4. The summed E-state index contributed by atoms with van der Waals surface area (Å²) in [5.74, 6) is 0.232. The smallest absolute Gasteiger partial charge is 0.339 e. The molecule has 0 atom stereocenters. The SMILES string of the molecule is Cc1nnn(Cc2cc(C(F)(F)F)ccc2C=CC(=O)N2CCC(N)CC2)n1. The Morgan fingerprint density at radius 2 is 2.04 bits per heavy atom. The first-order valence-corrected chi connectivity index (χ1v) is 8.89. The number of nitrogens with two attached hydrogens (primary N) is 1. The number of benzene rings is 1. The zero-order valence-corrected chi connectivity index (χ0v) is 15.4. The Kier molecular flexibility index (Phi) is 5.78. The maximum Gasteiger partial charge on any atom is 0.416 e. The Balaban J connectivity index is 1.83. The van der Waals surface area contributed by atoms with Crippen molar-refractivity contribution < 1.29 is 18.0 Å². The van der Waals surface area contributed by atoms with Gasteiger partial charge < -0.3 is 10.6 Å². The molecule has 0 saturated carbocycles. The van der Waals surface area contributed by atoms with Gasteiger partial charge in [-0.2, -0.15) is 18.0 Å². The predicted molar refractivity (Wildman–Crippen MR) is 95.9 cm³/mol. The van der Waals surface area contributed by atoms with Crippen molar-refractivity contribution in [3.05, 3.63) is 46.8 Å². The molecule has 2 N–H and O–H groups in total. The van der Waals surface area contributed by atoms with Crippen LogP contribution in [0.4, 0.5) is 13.2 Å². The van der Waals surface area contributed by atoms with Gasteiger partial charge in [0, 0.05) is 25.2 Å². The second-order valence-electron chi connectivity index (χ2n) is 6.77. The Hall–Kier alpha value is -2.75. The number of alkyl halides is 3. The van der Waals surface area contributed by atoms with Crippen LogP contribution in [0.5, 0.6) is 0 Å². The minimum atomic E-state index is -4.47. The van der Waals surface area contributed by atoms with E-state index in [0.717, 1.165) is 25.0 Å². The van der Waals surface area contributed by atoms with E-state index in [2.05, 4.69) is 15.4 Å². The molecule has 7 nitrogen and oxygen atoms in total. The molecule has 1 amide bonds. The fourth-order valence-corrected chi connectivity index (χ4v) is 3.01. The summed E-state index contributed by atoms with van der Waals surface area (Å²) in [5.41, 5.74) is 5.90. The first kappa shape index (κ1) is 20.0. The molecule has 10 heteroatoms. The molecule has 1 aliphatic heterocycles. The van der Waals surface area contributed by atoms with Crippen molar-refractivity contribution >= 4 is 12.0 Å². The average molecular weight is 394 g/mol. The molecule has 1 aromatic heterocycles. The molecule has 1 fully saturated rings. The molecule has 1 aliphatic rings. The third-order valence-electron chi connectivity index (χ3n) is 4.59. The Bertz CT molecular complexity index is 868. The molecule has 1 aromatic carbocycles. The molecule has 0 aliphatic carbocycles. The van der Waals surface area contributed by atoms with Crippen molar-refractivity contribution in [2.24, 2.45) is 5.73 Å². The van der Waals surface area contributed by atoms with Gasteiger partial charge in [-0.15, -0.1) is 10.2 Å². The highest BCUT2D eigenvalue weighted by Crippen LogP contribution is 2.31. The topological polar surface area (TPSA) is 89.9 Å². The number of rotatable bonds is 4. The summed E-state index contributed by atoms with van der Waals surface area (Å²) in [5, 5.41) is 11.5. The number of tetrazole rings is 1. The fraction of sp³-hybridized carbons (Fsp3) is 0.444. The Morgan fingerprint density at radius 3 is 2.64 bits per heavy atom. The molecule has 0 bridgehead atoms. The minimum Gasteiger partial charge on any atom is -0.339 e. The van der Waals surface area contributed by atoms with Crippen LogP contribution in [0.2, 0.25) is 0 Å². The number of hydrogen-bond acceptors (Lipinski definition) is 5. The summed E-state index contributed by atoms with van der Waals surface area (Å²) in [6, 6.07) is 3.49. The molecule has 3 rings (SSSR count). The van der Waals surface area contributed by atoms with E-state index in [1.54, 1.807) is 11.8 Å². The van der Waals surface area contributed by atoms with Gasteiger partial charge in [-0.3, -0.25) is 4.79 Å². The normalized spacial score (nSPS) is 16.1. The number of piperidine rings is 1. The van der Waals surface area contributed by atoms with Gasteiger partial charge in [0.1, 0.15) is 0 Å². The van der Waals surface area contributed by atoms with Crippen LogP contribution in [0.1, 0.15) is 35.4 Å². The van der Waals surface area contributed by atoms with Crippen LogP contribution in [0.15, 0.2) is 24.3 Å². The van der Waals surface area contributed by atoms with Crippen molar-refractivity contribution in [2.75, 3.05) is 13.1 Å². The monoisotopic (exact) mass is 394 g/mol. The highest BCUT2D eigenvalue weighted by Gasteiger charge is 2.31. The van der Waals surface area contributed by atoms with Crippen molar-refractivity contribution in [3.63, 3.8) is 0 Å². The number of hydrogen-bond donors (Lipinski definition) is 1. The first-order chi connectivity index (χ1) is 13.2. The quantitative estimate of drug-likeness (QED) is 0.802. The van der Waals surface area contributed by atoms with Gasteiger partial charge >= 0.3 is 6.18 Å². The van der Waals surface area contributed by atoms with Crippen molar-refractivity contribution in [1.82, 2.24) is 25.1 Å². The second-order valence-corrected chi connectivity index (χ2v) is 6.77. The highest BCUT2D eigenvalue weighted by molar-refractivity contribution is 5.92. The van der Waals surface area contributed by atoms with E-state index in [-0.39, 0.29) is 18.5 Å². The van der Waals surface area contributed by atoms with Gasteiger partial charge in [0.15, 0.2) is 5.82 Å². The number of halogens is 3. The molecule has 2 heterocycles. The maximum atomic E-state index is 13.1. The van der Waals surface area contributed by atoms with Gasteiger partial charge in [-0.1, -0.05) is 6.07 Å². The molecule has 2 aromatic rings. The predicted octanol–water partition coefficient (Wildman–Crippen LogP) is 2.01. The number of carbonyl (C=O) groups excluding carboxylic acids is 1. The molecular formula is C18H21F3N6O. The molecular weight excluding hydrogens is 373 g/mol.